The molecule has 0 spiro atoms. The minimum absolute atomic E-state index is 0. The molecule has 0 aliphatic carbocycles. The van der Waals surface area contributed by atoms with Crippen molar-refractivity contribution in [2.75, 3.05) is 0 Å². The second-order valence-corrected chi connectivity index (χ2v) is 1.88. The topological polar surface area (TPSA) is 101 Å². The predicted octanol–water partition coefficient (Wildman–Crippen LogP) is -2.03. The molecule has 0 radical (unpaired) electrons. The van der Waals surface area contributed by atoms with Gasteiger partial charge in [-0.1, -0.05) is 0 Å². The van der Waals surface area contributed by atoms with Gasteiger partial charge in [-0.05, 0) is 6.42 Å². The van der Waals surface area contributed by atoms with Crippen molar-refractivity contribution in [3.63, 3.8) is 0 Å². The van der Waals surface area contributed by atoms with E-state index in [-0.39, 0.29) is 93.8 Å². The van der Waals surface area contributed by atoms with Gasteiger partial charge in [0.1, 0.15) is 6.04 Å². The van der Waals surface area contributed by atoms with Crippen LogP contribution in [0.15, 0.2) is 0 Å². The van der Waals surface area contributed by atoms with Crippen molar-refractivity contribution in [3.05, 3.63) is 0 Å². The van der Waals surface area contributed by atoms with Crippen LogP contribution >= 0.6 is 0 Å². The summed E-state index contributed by atoms with van der Waals surface area (Å²) < 4.78 is 0. The summed E-state index contributed by atoms with van der Waals surface area (Å²) >= 11 is 0. The molecule has 1 atom stereocenters. The molecule has 0 rings (SSSR count). The van der Waals surface area contributed by atoms with Crippen LogP contribution in [0.4, 0.5) is 0 Å². The molecule has 0 aromatic rings. The van der Waals surface area contributed by atoms with Crippen molar-refractivity contribution in [2.24, 2.45) is 5.73 Å². The van der Waals surface area contributed by atoms with Crippen molar-refractivity contribution in [1.29, 1.82) is 0 Å². The van der Waals surface area contributed by atoms with Gasteiger partial charge in [0.25, 0.3) is 0 Å². The third-order valence-electron chi connectivity index (χ3n) is 0.986. The van der Waals surface area contributed by atoms with Gasteiger partial charge in [0.2, 0.25) is 0 Å². The molecule has 0 aliphatic rings. The van der Waals surface area contributed by atoms with E-state index in [9.17, 15) is 9.59 Å². The molecule has 0 saturated carbocycles. The standard InChI is InChI=1S/C5H9NO4.K.Na.2H/c6-3(5(9)10)1-2-4(7)8;;;;/h3H,1-2,6H2,(H,7,8)(H,9,10);;;;/t3-;;;;/m0..../s1. The molecule has 0 bridgehead atoms. The summed E-state index contributed by atoms with van der Waals surface area (Å²) in [4.78, 5) is 19.9. The first-order chi connectivity index (χ1) is 4.54. The van der Waals surface area contributed by atoms with Gasteiger partial charge in [-0.25, -0.2) is 0 Å². The number of aliphatic carboxylic acids is 2. The Labute approximate surface area is 135 Å². The van der Waals surface area contributed by atoms with E-state index < -0.39 is 18.0 Å². The normalized spacial score (nSPS) is 10.4. The zero-order valence-corrected chi connectivity index (χ0v) is 5.28. The van der Waals surface area contributed by atoms with Gasteiger partial charge >= 0.3 is 92.9 Å². The van der Waals surface area contributed by atoms with Crippen molar-refractivity contribution in [1.82, 2.24) is 0 Å². The number of carboxylic acid groups (broad SMARTS) is 2. The fourth-order valence-electron chi connectivity index (χ4n) is 0.402. The molecule has 4 N–H and O–H groups in total. The SMILES string of the molecule is N[C@@H](CCC(=O)O)C(=O)O.[KH].[NaH]. The second kappa shape index (κ2) is 10.6. The number of rotatable bonds is 4. The Bertz CT molecular complexity index is 154. The minimum atomic E-state index is -1.17. The summed E-state index contributed by atoms with van der Waals surface area (Å²) in [5.41, 5.74) is 5.00. The Kier molecular flexibility index (Phi) is 17.0. The molecule has 0 aromatic carbocycles. The van der Waals surface area contributed by atoms with Gasteiger partial charge in [0.05, 0.1) is 0 Å². The van der Waals surface area contributed by atoms with Crippen molar-refractivity contribution in [3.8, 4) is 0 Å². The summed E-state index contributed by atoms with van der Waals surface area (Å²) in [7, 11) is 0. The van der Waals surface area contributed by atoms with Crippen LogP contribution in [-0.4, -0.2) is 109 Å². The van der Waals surface area contributed by atoms with Crippen molar-refractivity contribution in [2.45, 2.75) is 18.9 Å². The van der Waals surface area contributed by atoms with Crippen LogP contribution in [0.25, 0.3) is 0 Å². The fourth-order valence-corrected chi connectivity index (χ4v) is 0.402. The monoisotopic (exact) mass is 211 g/mol. The van der Waals surface area contributed by atoms with E-state index in [0.717, 1.165) is 0 Å². The van der Waals surface area contributed by atoms with Gasteiger partial charge < -0.3 is 15.9 Å². The van der Waals surface area contributed by atoms with E-state index in [1.54, 1.807) is 0 Å². The van der Waals surface area contributed by atoms with Crippen LogP contribution in [0.2, 0.25) is 0 Å². The molecular formula is C5H11KNNaO4. The van der Waals surface area contributed by atoms with Crippen molar-refractivity contribution < 1.29 is 19.8 Å². The Balaban J connectivity index is -0.000000405. The van der Waals surface area contributed by atoms with Crippen LogP contribution in [0.1, 0.15) is 12.8 Å². The number of hydrogen-bond donors (Lipinski definition) is 3. The first-order valence-corrected chi connectivity index (χ1v) is 2.74. The number of hydrogen-bond acceptors (Lipinski definition) is 3. The summed E-state index contributed by atoms with van der Waals surface area (Å²) in [6.45, 7) is 0. The van der Waals surface area contributed by atoms with Crippen LogP contribution in [0.3, 0.4) is 0 Å². The molecule has 0 aliphatic heterocycles. The molecule has 12 heavy (non-hydrogen) atoms. The first-order valence-electron chi connectivity index (χ1n) is 2.74. The van der Waals surface area contributed by atoms with E-state index in [1.807, 2.05) is 0 Å². The molecule has 0 amide bonds. The van der Waals surface area contributed by atoms with Crippen LogP contribution in [0.5, 0.6) is 0 Å². The molecule has 0 heterocycles. The molecule has 62 valence electrons. The average Bonchev–Trinajstić information content (AvgIpc) is 1.82. The quantitative estimate of drug-likeness (QED) is 0.465. The Morgan fingerprint density at radius 1 is 1.33 bits per heavy atom. The van der Waals surface area contributed by atoms with Crippen molar-refractivity contribution >= 4 is 92.9 Å². The number of carbonyl (C=O) groups is 2. The predicted molar refractivity (Wildman–Crippen MR) is 46.8 cm³/mol. The molecule has 7 heteroatoms. The molecule has 0 saturated heterocycles. The summed E-state index contributed by atoms with van der Waals surface area (Å²) in [6.07, 6.45) is -0.224. The molecule has 0 aromatic heterocycles. The van der Waals surface area contributed by atoms with E-state index in [4.69, 9.17) is 15.9 Å². The third-order valence-corrected chi connectivity index (χ3v) is 0.986. The van der Waals surface area contributed by atoms with Gasteiger partial charge in [-0.15, -0.1) is 0 Å². The number of carboxylic acids is 2. The van der Waals surface area contributed by atoms with Crippen LogP contribution in [-0.2, 0) is 9.59 Å². The van der Waals surface area contributed by atoms with Crippen LogP contribution < -0.4 is 5.73 Å². The average molecular weight is 211 g/mol. The zero-order chi connectivity index (χ0) is 8.15. The van der Waals surface area contributed by atoms with E-state index in [2.05, 4.69) is 0 Å². The van der Waals surface area contributed by atoms with Gasteiger partial charge in [-0.3, -0.25) is 9.59 Å². The summed E-state index contributed by atoms with van der Waals surface area (Å²) in [5.74, 6) is -2.20. The fraction of sp³-hybridized carbons (Fsp3) is 0.600. The molecule has 5 nitrogen and oxygen atoms in total. The Hall–Kier alpha value is 1.54. The Morgan fingerprint density at radius 3 is 2.00 bits per heavy atom. The van der Waals surface area contributed by atoms with E-state index >= 15 is 0 Å². The van der Waals surface area contributed by atoms with E-state index in [0.29, 0.717) is 0 Å². The first kappa shape index (κ1) is 19.2. The molecular weight excluding hydrogens is 200 g/mol. The summed E-state index contributed by atoms with van der Waals surface area (Å²) in [5, 5.41) is 16.3. The molecule has 0 unspecified atom stereocenters. The third kappa shape index (κ3) is 11.5. The maximum atomic E-state index is 9.99. The van der Waals surface area contributed by atoms with Gasteiger partial charge in [-0.2, -0.15) is 0 Å². The van der Waals surface area contributed by atoms with Gasteiger partial charge in [0.15, 0.2) is 0 Å². The zero-order valence-electron chi connectivity index (χ0n) is 5.28. The molecule has 0 fully saturated rings. The Morgan fingerprint density at radius 2 is 1.75 bits per heavy atom. The van der Waals surface area contributed by atoms with Crippen LogP contribution in [0, 0.1) is 0 Å². The maximum absolute atomic E-state index is 9.99. The summed E-state index contributed by atoms with van der Waals surface area (Å²) in [6, 6.07) is -1.06. The second-order valence-electron chi connectivity index (χ2n) is 1.88. The number of nitrogens with two attached hydrogens (primary N) is 1. The van der Waals surface area contributed by atoms with Gasteiger partial charge in [0, 0.05) is 6.42 Å². The van der Waals surface area contributed by atoms with E-state index in [1.165, 1.54) is 0 Å².